The Morgan fingerprint density at radius 1 is 1.35 bits per heavy atom. The molecule has 0 bridgehead atoms. The van der Waals surface area contributed by atoms with Gasteiger partial charge in [0.05, 0.1) is 6.42 Å². The van der Waals surface area contributed by atoms with Crippen molar-refractivity contribution in [2.45, 2.75) is 38.1 Å². The van der Waals surface area contributed by atoms with Crippen LogP contribution in [0.1, 0.15) is 43.7 Å². The molecule has 17 heavy (non-hydrogen) atoms. The number of carboxylic acid groups (broad SMARTS) is 1. The summed E-state index contributed by atoms with van der Waals surface area (Å²) in [5.74, 6) is -0.703. The lowest BCUT2D eigenvalue weighted by Gasteiger charge is -2.29. The zero-order chi connectivity index (χ0) is 12.1. The molecule has 1 saturated heterocycles. The second kappa shape index (κ2) is 6.17. The molecule has 2 heterocycles. The summed E-state index contributed by atoms with van der Waals surface area (Å²) in [5, 5.41) is 13.2. The molecular formula is C13H19NO2S. The summed E-state index contributed by atoms with van der Waals surface area (Å²) >= 11 is 1.64. The predicted octanol–water partition coefficient (Wildman–Crippen LogP) is 3.14. The van der Waals surface area contributed by atoms with Crippen LogP contribution in [0.5, 0.6) is 0 Å². The van der Waals surface area contributed by atoms with Gasteiger partial charge in [0.1, 0.15) is 0 Å². The van der Waals surface area contributed by atoms with E-state index in [1.165, 1.54) is 31.2 Å². The first-order chi connectivity index (χ1) is 8.27. The van der Waals surface area contributed by atoms with E-state index >= 15 is 0 Å². The van der Waals surface area contributed by atoms with Crippen molar-refractivity contribution in [2.24, 2.45) is 0 Å². The minimum atomic E-state index is -0.703. The second-order valence-electron chi connectivity index (χ2n) is 4.62. The van der Waals surface area contributed by atoms with Crippen molar-refractivity contribution in [2.75, 3.05) is 13.1 Å². The molecule has 1 aromatic heterocycles. The van der Waals surface area contributed by atoms with E-state index in [4.69, 9.17) is 5.11 Å². The summed E-state index contributed by atoms with van der Waals surface area (Å²) in [6, 6.07) is 2.13. The number of aliphatic carboxylic acids is 1. The van der Waals surface area contributed by atoms with Crippen LogP contribution in [0.4, 0.5) is 0 Å². The zero-order valence-electron chi connectivity index (χ0n) is 9.97. The van der Waals surface area contributed by atoms with Gasteiger partial charge in [-0.15, -0.1) is 0 Å². The highest BCUT2D eigenvalue weighted by atomic mass is 32.1. The van der Waals surface area contributed by atoms with E-state index in [0.717, 1.165) is 13.1 Å². The minimum absolute atomic E-state index is 0.0665. The molecule has 0 saturated carbocycles. The number of nitrogens with zero attached hydrogens (tertiary/aromatic N) is 1. The van der Waals surface area contributed by atoms with Gasteiger partial charge in [0.2, 0.25) is 0 Å². The molecule has 1 aliphatic heterocycles. The molecule has 0 radical (unpaired) electrons. The van der Waals surface area contributed by atoms with Gasteiger partial charge in [-0.25, -0.2) is 0 Å². The molecule has 1 unspecified atom stereocenters. The normalized spacial score (nSPS) is 19.8. The Balaban J connectivity index is 2.10. The fraction of sp³-hybridized carbons (Fsp3) is 0.615. The molecule has 1 atom stereocenters. The minimum Gasteiger partial charge on any atom is -0.481 e. The predicted molar refractivity (Wildman–Crippen MR) is 69.4 cm³/mol. The Kier molecular flexibility index (Phi) is 4.57. The summed E-state index contributed by atoms with van der Waals surface area (Å²) < 4.78 is 0. The highest BCUT2D eigenvalue weighted by Gasteiger charge is 2.24. The van der Waals surface area contributed by atoms with Crippen LogP contribution in [0.2, 0.25) is 0 Å². The average Bonchev–Trinajstić information content (AvgIpc) is 2.68. The summed E-state index contributed by atoms with van der Waals surface area (Å²) in [6.45, 7) is 2.07. The summed E-state index contributed by atoms with van der Waals surface area (Å²) in [6.07, 6.45) is 5.16. The maximum atomic E-state index is 11.0. The van der Waals surface area contributed by atoms with Gasteiger partial charge >= 0.3 is 5.97 Å². The van der Waals surface area contributed by atoms with Crippen LogP contribution in [0.25, 0.3) is 0 Å². The van der Waals surface area contributed by atoms with Crippen LogP contribution < -0.4 is 0 Å². The number of hydrogen-bond donors (Lipinski definition) is 1. The fourth-order valence-electron chi connectivity index (χ4n) is 2.49. The van der Waals surface area contributed by atoms with Crippen molar-refractivity contribution in [3.63, 3.8) is 0 Å². The molecule has 0 amide bonds. The molecule has 94 valence electrons. The molecule has 0 aliphatic carbocycles. The van der Waals surface area contributed by atoms with Crippen molar-refractivity contribution in [3.8, 4) is 0 Å². The standard InChI is InChI=1S/C13H19NO2S/c15-13(16)9-12(11-5-8-17-10-11)14-6-3-1-2-4-7-14/h5,8,10,12H,1-4,6-7,9H2,(H,15,16). The van der Waals surface area contributed by atoms with Gasteiger partial charge in [0.15, 0.2) is 0 Å². The number of rotatable bonds is 4. The molecule has 3 nitrogen and oxygen atoms in total. The summed E-state index contributed by atoms with van der Waals surface area (Å²) in [5.41, 5.74) is 1.17. The zero-order valence-corrected chi connectivity index (χ0v) is 10.8. The fourth-order valence-corrected chi connectivity index (χ4v) is 3.20. The Morgan fingerprint density at radius 2 is 2.06 bits per heavy atom. The summed E-state index contributed by atoms with van der Waals surface area (Å²) in [7, 11) is 0. The molecule has 0 aromatic carbocycles. The monoisotopic (exact) mass is 253 g/mol. The van der Waals surface area contributed by atoms with Crippen LogP contribution >= 0.6 is 11.3 Å². The van der Waals surface area contributed by atoms with Crippen LogP contribution in [0, 0.1) is 0 Å². The quantitative estimate of drug-likeness (QED) is 0.896. The van der Waals surface area contributed by atoms with Gasteiger partial charge in [0.25, 0.3) is 0 Å². The number of carboxylic acids is 1. The number of likely N-dealkylation sites (tertiary alicyclic amines) is 1. The second-order valence-corrected chi connectivity index (χ2v) is 5.40. The van der Waals surface area contributed by atoms with Crippen LogP contribution in [0.15, 0.2) is 16.8 Å². The van der Waals surface area contributed by atoms with Gasteiger partial charge in [-0.2, -0.15) is 11.3 Å². The number of thiophene rings is 1. The average molecular weight is 253 g/mol. The lowest BCUT2D eigenvalue weighted by atomic mass is 10.1. The lowest BCUT2D eigenvalue weighted by molar-refractivity contribution is -0.138. The SMILES string of the molecule is O=C(O)CC(c1ccsc1)N1CCCCCC1. The van der Waals surface area contributed by atoms with E-state index in [1.807, 2.05) is 5.38 Å². The van der Waals surface area contributed by atoms with E-state index < -0.39 is 5.97 Å². The maximum absolute atomic E-state index is 11.0. The first-order valence-corrected chi connectivity index (χ1v) is 7.19. The Labute approximate surface area is 106 Å². The number of hydrogen-bond acceptors (Lipinski definition) is 3. The van der Waals surface area contributed by atoms with E-state index in [2.05, 4.69) is 16.3 Å². The van der Waals surface area contributed by atoms with Crippen molar-refractivity contribution < 1.29 is 9.90 Å². The van der Waals surface area contributed by atoms with Gasteiger partial charge < -0.3 is 5.11 Å². The Bertz CT molecular complexity index is 342. The Hall–Kier alpha value is -0.870. The van der Waals surface area contributed by atoms with E-state index in [9.17, 15) is 4.79 Å². The van der Waals surface area contributed by atoms with E-state index in [0.29, 0.717) is 0 Å². The number of carbonyl (C=O) groups is 1. The molecule has 0 spiro atoms. The maximum Gasteiger partial charge on any atom is 0.305 e. The third-order valence-corrected chi connectivity index (χ3v) is 4.08. The molecule has 2 rings (SSSR count). The Morgan fingerprint density at radius 3 is 2.59 bits per heavy atom. The third kappa shape index (κ3) is 3.54. The van der Waals surface area contributed by atoms with Crippen molar-refractivity contribution in [1.82, 2.24) is 4.90 Å². The van der Waals surface area contributed by atoms with Gasteiger partial charge in [0, 0.05) is 6.04 Å². The largest absolute Gasteiger partial charge is 0.481 e. The molecule has 1 aliphatic rings. The molecular weight excluding hydrogens is 234 g/mol. The molecule has 1 N–H and O–H groups in total. The van der Waals surface area contributed by atoms with Crippen LogP contribution in [-0.2, 0) is 4.79 Å². The van der Waals surface area contributed by atoms with Crippen LogP contribution in [0.3, 0.4) is 0 Å². The van der Waals surface area contributed by atoms with Crippen molar-refractivity contribution in [1.29, 1.82) is 0 Å². The highest BCUT2D eigenvalue weighted by molar-refractivity contribution is 7.07. The van der Waals surface area contributed by atoms with Gasteiger partial charge in [-0.05, 0) is 48.3 Å². The lowest BCUT2D eigenvalue weighted by Crippen LogP contribution is -2.31. The molecule has 1 fully saturated rings. The van der Waals surface area contributed by atoms with Gasteiger partial charge in [-0.3, -0.25) is 9.69 Å². The molecule has 4 heteroatoms. The topological polar surface area (TPSA) is 40.5 Å². The summed E-state index contributed by atoms with van der Waals surface area (Å²) in [4.78, 5) is 13.4. The van der Waals surface area contributed by atoms with E-state index in [-0.39, 0.29) is 12.5 Å². The first kappa shape index (κ1) is 12.6. The highest BCUT2D eigenvalue weighted by Crippen LogP contribution is 2.28. The first-order valence-electron chi connectivity index (χ1n) is 6.25. The molecule has 1 aromatic rings. The van der Waals surface area contributed by atoms with E-state index in [1.54, 1.807) is 11.3 Å². The van der Waals surface area contributed by atoms with Crippen LogP contribution in [-0.4, -0.2) is 29.1 Å². The van der Waals surface area contributed by atoms with Crippen molar-refractivity contribution >= 4 is 17.3 Å². The third-order valence-electron chi connectivity index (χ3n) is 3.38. The van der Waals surface area contributed by atoms with Crippen molar-refractivity contribution in [3.05, 3.63) is 22.4 Å². The smallest absolute Gasteiger partial charge is 0.305 e. The van der Waals surface area contributed by atoms with Gasteiger partial charge in [-0.1, -0.05) is 12.8 Å².